The Labute approximate surface area is 104 Å². The second-order valence-electron chi connectivity index (χ2n) is 5.74. The van der Waals surface area contributed by atoms with Gasteiger partial charge in [-0.15, -0.1) is 0 Å². The molecule has 1 unspecified atom stereocenters. The first kappa shape index (κ1) is 12.8. The highest BCUT2D eigenvalue weighted by atomic mass is 16.5. The Kier molecular flexibility index (Phi) is 4.05. The zero-order valence-electron chi connectivity index (χ0n) is 11.0. The molecule has 1 amide bonds. The molecule has 4 nitrogen and oxygen atoms in total. The normalized spacial score (nSPS) is 31.0. The third-order valence-corrected chi connectivity index (χ3v) is 3.66. The quantitative estimate of drug-likeness (QED) is 0.783. The van der Waals surface area contributed by atoms with Crippen LogP contribution in [0.15, 0.2) is 0 Å². The molecule has 2 aliphatic heterocycles. The second-order valence-corrected chi connectivity index (χ2v) is 5.74. The van der Waals surface area contributed by atoms with Crippen LogP contribution >= 0.6 is 0 Å². The van der Waals surface area contributed by atoms with Crippen molar-refractivity contribution in [3.05, 3.63) is 0 Å². The summed E-state index contributed by atoms with van der Waals surface area (Å²) in [6.07, 6.45) is 3.24. The molecule has 2 fully saturated rings. The van der Waals surface area contributed by atoms with Crippen molar-refractivity contribution < 1.29 is 9.53 Å². The van der Waals surface area contributed by atoms with Crippen LogP contribution in [0, 0.1) is 5.92 Å². The molecule has 2 heterocycles. The fourth-order valence-corrected chi connectivity index (χ4v) is 2.80. The lowest BCUT2D eigenvalue weighted by atomic mass is 9.92. The summed E-state index contributed by atoms with van der Waals surface area (Å²) in [6.45, 7) is 8.30. The highest BCUT2D eigenvalue weighted by Gasteiger charge is 2.39. The molecule has 17 heavy (non-hydrogen) atoms. The van der Waals surface area contributed by atoms with Crippen LogP contribution in [0.2, 0.25) is 0 Å². The van der Waals surface area contributed by atoms with E-state index >= 15 is 0 Å². The molecular formula is C13H24N2O2. The molecule has 1 spiro atoms. The third-order valence-electron chi connectivity index (χ3n) is 3.66. The molecule has 2 aliphatic rings. The predicted octanol–water partition coefficient (Wildman–Crippen LogP) is 1.01. The van der Waals surface area contributed by atoms with Crippen molar-refractivity contribution in [1.29, 1.82) is 0 Å². The lowest BCUT2D eigenvalue weighted by molar-refractivity contribution is -0.166. The average molecular weight is 240 g/mol. The molecule has 0 aromatic carbocycles. The Hall–Kier alpha value is -0.610. The maximum atomic E-state index is 11.8. The van der Waals surface area contributed by atoms with E-state index in [9.17, 15) is 4.79 Å². The molecule has 1 atom stereocenters. The molecule has 1 N–H and O–H groups in total. The van der Waals surface area contributed by atoms with Crippen LogP contribution in [0.5, 0.6) is 0 Å². The van der Waals surface area contributed by atoms with Crippen LogP contribution in [0.25, 0.3) is 0 Å². The summed E-state index contributed by atoms with van der Waals surface area (Å²) in [5.41, 5.74) is -0.0771. The Morgan fingerprint density at radius 3 is 3.00 bits per heavy atom. The highest BCUT2D eigenvalue weighted by molar-refractivity contribution is 5.78. The topological polar surface area (TPSA) is 41.6 Å². The number of carbonyl (C=O) groups excluding carboxylic acids is 1. The van der Waals surface area contributed by atoms with E-state index in [1.54, 1.807) is 0 Å². The van der Waals surface area contributed by atoms with Crippen LogP contribution in [0.4, 0.5) is 0 Å². The minimum Gasteiger partial charge on any atom is -0.363 e. The number of morpholine rings is 1. The first-order chi connectivity index (χ1) is 8.11. The summed E-state index contributed by atoms with van der Waals surface area (Å²) < 4.78 is 5.88. The van der Waals surface area contributed by atoms with Crippen molar-refractivity contribution in [1.82, 2.24) is 10.2 Å². The number of nitrogens with zero attached hydrogens (tertiary/aromatic N) is 1. The van der Waals surface area contributed by atoms with E-state index in [0.29, 0.717) is 5.92 Å². The number of amides is 1. The molecule has 2 rings (SSSR count). The van der Waals surface area contributed by atoms with Gasteiger partial charge in [-0.3, -0.25) is 4.79 Å². The number of hydrogen-bond donors (Lipinski definition) is 1. The van der Waals surface area contributed by atoms with E-state index in [0.717, 1.165) is 45.4 Å². The Balaban J connectivity index is 2.02. The summed E-state index contributed by atoms with van der Waals surface area (Å²) in [5.74, 6) is 0.680. The smallest absolute Gasteiger partial charge is 0.248 e. The lowest BCUT2D eigenvalue weighted by Crippen LogP contribution is -2.55. The van der Waals surface area contributed by atoms with Gasteiger partial charge in [0.1, 0.15) is 6.61 Å². The van der Waals surface area contributed by atoms with Crippen LogP contribution < -0.4 is 5.32 Å². The van der Waals surface area contributed by atoms with E-state index < -0.39 is 0 Å². The van der Waals surface area contributed by atoms with Gasteiger partial charge in [0.05, 0.1) is 5.60 Å². The molecule has 0 aromatic rings. The molecule has 2 saturated heterocycles. The second kappa shape index (κ2) is 5.36. The van der Waals surface area contributed by atoms with Gasteiger partial charge in [-0.1, -0.05) is 13.8 Å². The zero-order chi connectivity index (χ0) is 12.3. The van der Waals surface area contributed by atoms with E-state index in [1.165, 1.54) is 0 Å². The third kappa shape index (κ3) is 3.19. The number of carbonyl (C=O) groups is 1. The van der Waals surface area contributed by atoms with Gasteiger partial charge in [0.25, 0.3) is 0 Å². The first-order valence-electron chi connectivity index (χ1n) is 6.74. The Morgan fingerprint density at radius 2 is 2.24 bits per heavy atom. The zero-order valence-corrected chi connectivity index (χ0v) is 11.0. The molecule has 98 valence electrons. The van der Waals surface area contributed by atoms with Gasteiger partial charge in [0, 0.05) is 13.1 Å². The fraction of sp³-hybridized carbons (Fsp3) is 0.923. The van der Waals surface area contributed by atoms with Crippen molar-refractivity contribution in [3.63, 3.8) is 0 Å². The Bertz CT molecular complexity index is 271. The van der Waals surface area contributed by atoms with Gasteiger partial charge < -0.3 is 15.0 Å². The summed E-state index contributed by atoms with van der Waals surface area (Å²) in [6, 6.07) is 0. The van der Waals surface area contributed by atoms with Gasteiger partial charge in [0.2, 0.25) is 5.91 Å². The van der Waals surface area contributed by atoms with Crippen molar-refractivity contribution in [2.24, 2.45) is 5.92 Å². The van der Waals surface area contributed by atoms with Gasteiger partial charge >= 0.3 is 0 Å². The molecule has 0 bridgehead atoms. The largest absolute Gasteiger partial charge is 0.363 e. The van der Waals surface area contributed by atoms with Crippen LogP contribution in [0.1, 0.15) is 33.1 Å². The van der Waals surface area contributed by atoms with Gasteiger partial charge in [-0.05, 0) is 38.3 Å². The number of rotatable bonds is 2. The van der Waals surface area contributed by atoms with Gasteiger partial charge in [-0.25, -0.2) is 0 Å². The molecule has 0 saturated carbocycles. The summed E-state index contributed by atoms with van der Waals surface area (Å²) in [7, 11) is 0. The van der Waals surface area contributed by atoms with Crippen LogP contribution in [-0.4, -0.2) is 49.2 Å². The summed E-state index contributed by atoms with van der Waals surface area (Å²) in [4.78, 5) is 13.8. The van der Waals surface area contributed by atoms with Crippen LogP contribution in [-0.2, 0) is 9.53 Å². The van der Waals surface area contributed by atoms with E-state index in [2.05, 4.69) is 19.2 Å². The first-order valence-corrected chi connectivity index (χ1v) is 6.74. The molecule has 4 heteroatoms. The predicted molar refractivity (Wildman–Crippen MR) is 66.8 cm³/mol. The number of nitrogens with one attached hydrogen (secondary N) is 1. The fourth-order valence-electron chi connectivity index (χ4n) is 2.80. The van der Waals surface area contributed by atoms with Crippen molar-refractivity contribution in [2.75, 3.05) is 32.8 Å². The van der Waals surface area contributed by atoms with Gasteiger partial charge in [-0.2, -0.15) is 0 Å². The van der Waals surface area contributed by atoms with E-state index in [1.807, 2.05) is 4.90 Å². The van der Waals surface area contributed by atoms with Crippen LogP contribution in [0.3, 0.4) is 0 Å². The summed E-state index contributed by atoms with van der Waals surface area (Å²) >= 11 is 0. The maximum Gasteiger partial charge on any atom is 0.248 e. The SMILES string of the molecule is CC(C)CN1CC2(CCCNCC2)OCC1=O. The standard InChI is InChI=1S/C13H24N2O2/c1-11(2)8-15-10-13(17-9-12(15)16)4-3-6-14-7-5-13/h11,14H,3-10H2,1-2H3. The monoisotopic (exact) mass is 240 g/mol. The molecule has 0 aliphatic carbocycles. The molecular weight excluding hydrogens is 216 g/mol. The molecule has 0 aromatic heterocycles. The minimum absolute atomic E-state index is 0.0771. The van der Waals surface area contributed by atoms with Crippen molar-refractivity contribution >= 4 is 5.91 Å². The average Bonchev–Trinajstić information content (AvgIpc) is 2.49. The maximum absolute atomic E-state index is 11.8. The molecule has 0 radical (unpaired) electrons. The van der Waals surface area contributed by atoms with E-state index in [4.69, 9.17) is 4.74 Å². The highest BCUT2D eigenvalue weighted by Crippen LogP contribution is 2.29. The van der Waals surface area contributed by atoms with Crippen molar-refractivity contribution in [2.45, 2.75) is 38.7 Å². The number of hydrogen-bond acceptors (Lipinski definition) is 3. The van der Waals surface area contributed by atoms with Gasteiger partial charge in [0.15, 0.2) is 0 Å². The van der Waals surface area contributed by atoms with Crippen molar-refractivity contribution in [3.8, 4) is 0 Å². The van der Waals surface area contributed by atoms with E-state index in [-0.39, 0.29) is 18.1 Å². The number of ether oxygens (including phenoxy) is 1. The summed E-state index contributed by atoms with van der Waals surface area (Å²) in [5, 5.41) is 3.40. The Morgan fingerprint density at radius 1 is 1.41 bits per heavy atom. The lowest BCUT2D eigenvalue weighted by Gasteiger charge is -2.42. The minimum atomic E-state index is -0.0771.